The molecule has 8 heteroatoms. The fourth-order valence-corrected chi connectivity index (χ4v) is 2.75. The summed E-state index contributed by atoms with van der Waals surface area (Å²) in [5.74, 6) is 0.854. The van der Waals surface area contributed by atoms with Crippen molar-refractivity contribution in [3.63, 3.8) is 0 Å². The van der Waals surface area contributed by atoms with E-state index in [0.717, 1.165) is 41.9 Å². The number of methoxy groups -OCH3 is 1. The summed E-state index contributed by atoms with van der Waals surface area (Å²) in [5.41, 5.74) is 10.5. The predicted octanol–water partition coefficient (Wildman–Crippen LogP) is 1.23. The molecule has 1 aromatic heterocycles. The molecule has 1 amide bonds. The largest absolute Gasteiger partial charge is 0.455 e. The van der Waals surface area contributed by atoms with Crippen LogP contribution in [-0.4, -0.2) is 36.5 Å². The van der Waals surface area contributed by atoms with Crippen LogP contribution in [0.4, 0.5) is 0 Å². The Kier molecular flexibility index (Phi) is 5.73. The number of nitrogens with zero attached hydrogens (tertiary/aromatic N) is 1. The summed E-state index contributed by atoms with van der Waals surface area (Å²) in [6, 6.07) is -0.0987. The molecule has 1 atom stereocenters. The third kappa shape index (κ3) is 4.08. The van der Waals surface area contributed by atoms with Crippen molar-refractivity contribution in [2.45, 2.75) is 39.2 Å². The van der Waals surface area contributed by atoms with Crippen LogP contribution < -0.4 is 16.5 Å². The van der Waals surface area contributed by atoms with Gasteiger partial charge >= 0.3 is 0 Å². The monoisotopic (exact) mass is 338 g/mol. The fourth-order valence-electron chi connectivity index (χ4n) is 2.70. The molecule has 0 spiro atoms. The van der Waals surface area contributed by atoms with Crippen LogP contribution in [0.25, 0.3) is 0 Å². The smallest absolute Gasteiger partial charge is 0.287 e. The quantitative estimate of drug-likeness (QED) is 0.551. The molecule has 0 saturated heterocycles. The van der Waals surface area contributed by atoms with Crippen molar-refractivity contribution in [1.29, 1.82) is 0 Å². The maximum atomic E-state index is 12.4. The van der Waals surface area contributed by atoms with Crippen LogP contribution in [0.2, 0.25) is 0 Å². The van der Waals surface area contributed by atoms with Gasteiger partial charge in [-0.15, -0.1) is 0 Å². The Morgan fingerprint density at radius 2 is 2.26 bits per heavy atom. The minimum absolute atomic E-state index is 0.0987. The summed E-state index contributed by atoms with van der Waals surface area (Å²) < 4.78 is 10.8. The van der Waals surface area contributed by atoms with E-state index in [1.54, 1.807) is 7.11 Å². The van der Waals surface area contributed by atoms with Crippen LogP contribution >= 0.6 is 12.2 Å². The highest BCUT2D eigenvalue weighted by molar-refractivity contribution is 7.80. The average molecular weight is 338 g/mol. The Balaban J connectivity index is 2.27. The molecular weight excluding hydrogens is 316 g/mol. The Morgan fingerprint density at radius 3 is 2.91 bits per heavy atom. The second-order valence-corrected chi connectivity index (χ2v) is 6.01. The van der Waals surface area contributed by atoms with E-state index in [1.165, 1.54) is 0 Å². The Bertz CT molecular complexity index is 639. The van der Waals surface area contributed by atoms with Gasteiger partial charge in [-0.2, -0.15) is 5.10 Å². The number of ether oxygens (including phenoxy) is 1. The maximum absolute atomic E-state index is 12.4. The van der Waals surface area contributed by atoms with Crippen LogP contribution in [-0.2, 0) is 11.2 Å². The number of hydrogen-bond donors (Lipinski definition) is 3. The average Bonchev–Trinajstić information content (AvgIpc) is 2.83. The van der Waals surface area contributed by atoms with E-state index in [4.69, 9.17) is 27.1 Å². The van der Waals surface area contributed by atoms with Crippen molar-refractivity contribution in [3.8, 4) is 0 Å². The van der Waals surface area contributed by atoms with Gasteiger partial charge in [0.25, 0.3) is 5.91 Å². The highest BCUT2D eigenvalue weighted by Gasteiger charge is 2.28. The summed E-state index contributed by atoms with van der Waals surface area (Å²) in [6.45, 7) is 4.17. The van der Waals surface area contributed by atoms with E-state index in [2.05, 4.69) is 15.8 Å². The lowest BCUT2D eigenvalue weighted by molar-refractivity contribution is 0.0875. The Morgan fingerprint density at radius 1 is 1.52 bits per heavy atom. The maximum Gasteiger partial charge on any atom is 0.287 e. The van der Waals surface area contributed by atoms with Crippen LogP contribution in [0.5, 0.6) is 0 Å². The summed E-state index contributed by atoms with van der Waals surface area (Å²) in [6.07, 6.45) is 2.46. The number of hydrogen-bond acceptors (Lipinski definition) is 5. The van der Waals surface area contributed by atoms with Crippen molar-refractivity contribution in [2.75, 3.05) is 13.7 Å². The molecule has 0 radical (unpaired) electrons. The van der Waals surface area contributed by atoms with E-state index in [1.807, 2.05) is 13.8 Å². The topological polar surface area (TPSA) is 102 Å². The molecule has 1 aromatic rings. The van der Waals surface area contributed by atoms with Crippen LogP contribution in [0.15, 0.2) is 9.52 Å². The van der Waals surface area contributed by atoms with Gasteiger partial charge < -0.3 is 20.2 Å². The van der Waals surface area contributed by atoms with Gasteiger partial charge in [-0.25, -0.2) is 0 Å². The molecule has 0 bridgehead atoms. The molecule has 4 N–H and O–H groups in total. The third-order valence-electron chi connectivity index (χ3n) is 3.63. The molecule has 0 aliphatic heterocycles. The van der Waals surface area contributed by atoms with Crippen molar-refractivity contribution in [1.82, 2.24) is 10.7 Å². The van der Waals surface area contributed by atoms with E-state index in [9.17, 15) is 4.79 Å². The molecule has 126 valence electrons. The molecule has 1 heterocycles. The van der Waals surface area contributed by atoms with Gasteiger partial charge in [0.15, 0.2) is 10.9 Å². The fraction of sp³-hybridized carbons (Fsp3) is 0.533. The standard InChI is InChI=1S/C15H22N4O3S/c1-8(7-21-3)17-14(20)13-9(2)12-10(18-19-15(16)23)5-4-6-11(12)22-13/h8H,4-7H2,1-3H3,(H,17,20)(H3,16,19,23)/b18-10+. The zero-order valence-corrected chi connectivity index (χ0v) is 14.4. The molecular formula is C15H22N4O3S. The van der Waals surface area contributed by atoms with Gasteiger partial charge in [-0.1, -0.05) is 0 Å². The summed E-state index contributed by atoms with van der Waals surface area (Å²) in [4.78, 5) is 12.4. The van der Waals surface area contributed by atoms with Crippen LogP contribution in [0.3, 0.4) is 0 Å². The molecule has 0 fully saturated rings. The number of thiocarbonyl (C=S) groups is 1. The van der Waals surface area contributed by atoms with Crippen molar-refractivity contribution in [2.24, 2.45) is 10.8 Å². The lowest BCUT2D eigenvalue weighted by atomic mass is 9.93. The number of carbonyl (C=O) groups is 1. The minimum atomic E-state index is -0.247. The second kappa shape index (κ2) is 7.56. The van der Waals surface area contributed by atoms with Crippen LogP contribution in [0.1, 0.15) is 47.2 Å². The molecule has 1 aliphatic rings. The normalized spacial score (nSPS) is 16.7. The number of amides is 1. The summed E-state index contributed by atoms with van der Waals surface area (Å²) in [7, 11) is 1.59. The second-order valence-electron chi connectivity index (χ2n) is 5.57. The number of rotatable bonds is 5. The SMILES string of the molecule is COCC(C)NC(=O)c1oc2c(c1C)/C(=N/NC(N)=S)CCC2. The number of furan rings is 1. The summed E-state index contributed by atoms with van der Waals surface area (Å²) in [5, 5.41) is 7.20. The first kappa shape index (κ1) is 17.4. The first-order valence-electron chi connectivity index (χ1n) is 7.48. The molecule has 1 unspecified atom stereocenters. The number of nitrogens with one attached hydrogen (secondary N) is 2. The zero-order chi connectivity index (χ0) is 17.0. The number of nitrogens with two attached hydrogens (primary N) is 1. The van der Waals surface area contributed by atoms with Crippen molar-refractivity contribution >= 4 is 28.9 Å². The number of hydrazone groups is 1. The zero-order valence-electron chi connectivity index (χ0n) is 13.6. The van der Waals surface area contributed by atoms with E-state index in [0.29, 0.717) is 12.4 Å². The highest BCUT2D eigenvalue weighted by Crippen LogP contribution is 2.29. The summed E-state index contributed by atoms with van der Waals surface area (Å²) >= 11 is 4.77. The Hall–Kier alpha value is -1.93. The Labute approximate surface area is 140 Å². The number of carbonyl (C=O) groups excluding carboxylic acids is 1. The van der Waals surface area contributed by atoms with Gasteiger partial charge in [0.05, 0.1) is 12.3 Å². The first-order valence-corrected chi connectivity index (χ1v) is 7.89. The van der Waals surface area contributed by atoms with Gasteiger partial charge in [-0.3, -0.25) is 10.2 Å². The molecule has 0 saturated carbocycles. The van der Waals surface area contributed by atoms with Gasteiger partial charge in [0, 0.05) is 30.7 Å². The van der Waals surface area contributed by atoms with Crippen molar-refractivity contribution in [3.05, 3.63) is 22.6 Å². The van der Waals surface area contributed by atoms with E-state index in [-0.39, 0.29) is 17.1 Å². The van der Waals surface area contributed by atoms with Crippen molar-refractivity contribution < 1.29 is 13.9 Å². The molecule has 0 aromatic carbocycles. The van der Waals surface area contributed by atoms with E-state index >= 15 is 0 Å². The van der Waals surface area contributed by atoms with Gasteiger partial charge in [0.1, 0.15) is 5.76 Å². The van der Waals surface area contributed by atoms with E-state index < -0.39 is 0 Å². The minimum Gasteiger partial charge on any atom is -0.455 e. The molecule has 2 rings (SSSR count). The lowest BCUT2D eigenvalue weighted by Crippen LogP contribution is -2.35. The van der Waals surface area contributed by atoms with Gasteiger partial charge in [0.2, 0.25) is 0 Å². The van der Waals surface area contributed by atoms with Crippen LogP contribution in [0, 0.1) is 6.92 Å². The molecule has 1 aliphatic carbocycles. The first-order chi connectivity index (χ1) is 10.9. The van der Waals surface area contributed by atoms with Gasteiger partial charge in [-0.05, 0) is 38.9 Å². The number of fused-ring (bicyclic) bond motifs is 1. The number of aryl methyl sites for hydroxylation is 1. The lowest BCUT2D eigenvalue weighted by Gasteiger charge is -2.13. The molecule has 23 heavy (non-hydrogen) atoms. The predicted molar refractivity (Wildman–Crippen MR) is 91.6 cm³/mol. The molecule has 7 nitrogen and oxygen atoms in total. The highest BCUT2D eigenvalue weighted by atomic mass is 32.1. The third-order valence-corrected chi connectivity index (χ3v) is 3.72.